The highest BCUT2D eigenvalue weighted by Crippen LogP contribution is 2.34. The van der Waals surface area contributed by atoms with Gasteiger partial charge in [-0.2, -0.15) is 10.2 Å². The lowest BCUT2D eigenvalue weighted by atomic mass is 10.2. The van der Waals surface area contributed by atoms with Crippen LogP contribution in [0.25, 0.3) is 0 Å². The smallest absolute Gasteiger partial charge is 0.342 e. The van der Waals surface area contributed by atoms with E-state index in [4.69, 9.17) is 27.9 Å². The number of hydrazone groups is 1. The molecular formula is C16H17Cl2N5O4. The number of carbonyl (C=O) groups excluding carboxylic acids is 1. The van der Waals surface area contributed by atoms with Crippen LogP contribution in [0.4, 0.5) is 0 Å². The van der Waals surface area contributed by atoms with E-state index in [0.717, 1.165) is 0 Å². The van der Waals surface area contributed by atoms with Gasteiger partial charge in [0.05, 0.1) is 22.4 Å². The fourth-order valence-corrected chi connectivity index (χ4v) is 2.60. The first kappa shape index (κ1) is 20.7. The molecular weight excluding hydrogens is 397 g/mol. The zero-order valence-electron chi connectivity index (χ0n) is 14.5. The van der Waals surface area contributed by atoms with E-state index in [2.05, 4.69) is 20.7 Å². The van der Waals surface area contributed by atoms with E-state index in [1.54, 1.807) is 12.1 Å². The number of nitrogens with one attached hydrogen (secondary N) is 3. The monoisotopic (exact) mass is 413 g/mol. The Morgan fingerprint density at radius 1 is 1.33 bits per heavy atom. The number of benzene rings is 1. The van der Waals surface area contributed by atoms with Gasteiger partial charge in [0.15, 0.2) is 5.75 Å². The number of rotatable bonds is 7. The molecule has 2 rings (SSSR count). The van der Waals surface area contributed by atoms with Crippen molar-refractivity contribution in [3.8, 4) is 5.75 Å². The van der Waals surface area contributed by atoms with Crippen LogP contribution in [0.1, 0.15) is 31.5 Å². The minimum absolute atomic E-state index is 0.0395. The molecule has 27 heavy (non-hydrogen) atoms. The highest BCUT2D eigenvalue weighted by Gasteiger charge is 2.11. The number of H-pyrrole nitrogens is 2. The Labute approximate surface area is 163 Å². The Morgan fingerprint density at radius 3 is 2.59 bits per heavy atom. The summed E-state index contributed by atoms with van der Waals surface area (Å²) in [7, 11) is 0. The first-order valence-electron chi connectivity index (χ1n) is 7.91. The highest BCUT2D eigenvalue weighted by molar-refractivity contribution is 6.37. The summed E-state index contributed by atoms with van der Waals surface area (Å²) in [5.41, 5.74) is 1.59. The van der Waals surface area contributed by atoms with Gasteiger partial charge in [0.1, 0.15) is 5.69 Å². The molecule has 0 atom stereocenters. The van der Waals surface area contributed by atoms with E-state index < -0.39 is 17.2 Å². The number of halogens is 2. The molecule has 1 amide bonds. The molecule has 0 saturated heterocycles. The summed E-state index contributed by atoms with van der Waals surface area (Å²) in [5, 5.41) is 10.2. The van der Waals surface area contributed by atoms with Crippen molar-refractivity contribution in [2.24, 2.45) is 5.10 Å². The third-order valence-corrected chi connectivity index (χ3v) is 3.71. The van der Waals surface area contributed by atoms with E-state index in [1.807, 2.05) is 18.8 Å². The van der Waals surface area contributed by atoms with Gasteiger partial charge in [0.25, 0.3) is 5.56 Å². The molecule has 0 saturated carbocycles. The van der Waals surface area contributed by atoms with Gasteiger partial charge in [-0.1, -0.05) is 23.2 Å². The third kappa shape index (κ3) is 6.22. The number of ether oxygens (including phenoxy) is 1. The van der Waals surface area contributed by atoms with E-state index in [-0.39, 0.29) is 24.6 Å². The number of aromatic nitrogens is 3. The predicted molar refractivity (Wildman–Crippen MR) is 102 cm³/mol. The number of aromatic amines is 2. The number of carbonyl (C=O) groups is 1. The minimum Gasteiger partial charge on any atom is -0.488 e. The average Bonchev–Trinajstić information content (AvgIpc) is 2.57. The first-order chi connectivity index (χ1) is 12.8. The topological polar surface area (TPSA) is 129 Å². The summed E-state index contributed by atoms with van der Waals surface area (Å²) in [6, 6.07) is 3.20. The van der Waals surface area contributed by atoms with Gasteiger partial charge in [0.2, 0.25) is 5.91 Å². The van der Waals surface area contributed by atoms with Crippen LogP contribution in [-0.4, -0.2) is 33.4 Å². The van der Waals surface area contributed by atoms with Crippen molar-refractivity contribution in [1.29, 1.82) is 0 Å². The summed E-state index contributed by atoms with van der Waals surface area (Å²) in [6.07, 6.45) is 1.30. The lowest BCUT2D eigenvalue weighted by Crippen LogP contribution is -2.28. The van der Waals surface area contributed by atoms with E-state index in [0.29, 0.717) is 21.4 Å². The molecule has 1 aromatic heterocycles. The van der Waals surface area contributed by atoms with Crippen molar-refractivity contribution >= 4 is 35.3 Å². The van der Waals surface area contributed by atoms with Crippen molar-refractivity contribution < 1.29 is 9.53 Å². The number of aryl methyl sites for hydroxylation is 1. The van der Waals surface area contributed by atoms with Crippen molar-refractivity contribution in [2.45, 2.75) is 32.8 Å². The maximum Gasteiger partial charge on any atom is 0.342 e. The molecule has 3 N–H and O–H groups in total. The fourth-order valence-electron chi connectivity index (χ4n) is 2.01. The highest BCUT2D eigenvalue weighted by atomic mass is 35.5. The number of hydrogen-bond acceptors (Lipinski definition) is 6. The molecule has 0 unspecified atom stereocenters. The number of amides is 1. The predicted octanol–water partition coefficient (Wildman–Crippen LogP) is 1.64. The molecule has 0 aliphatic heterocycles. The van der Waals surface area contributed by atoms with Crippen LogP contribution in [0, 0.1) is 0 Å². The van der Waals surface area contributed by atoms with Gasteiger partial charge >= 0.3 is 5.69 Å². The minimum atomic E-state index is -0.708. The molecule has 144 valence electrons. The largest absolute Gasteiger partial charge is 0.488 e. The van der Waals surface area contributed by atoms with Crippen LogP contribution in [0.3, 0.4) is 0 Å². The standard InChI is InChI=1S/C16H17Cl2N5O4/c1-8(2)27-14-10(17)5-9(6-11(14)18)7-19-22-13(24)4-3-12-15(25)20-16(26)23-21-12/h5-8H,3-4H2,1-2H3,(H,22,24)(H2,20,23,25,26)/b19-7+. The molecule has 0 bridgehead atoms. The van der Waals surface area contributed by atoms with E-state index >= 15 is 0 Å². The van der Waals surface area contributed by atoms with Crippen LogP contribution in [0.15, 0.2) is 26.8 Å². The second-order valence-electron chi connectivity index (χ2n) is 5.73. The first-order valence-corrected chi connectivity index (χ1v) is 8.67. The van der Waals surface area contributed by atoms with Gasteiger partial charge < -0.3 is 4.74 Å². The molecule has 2 aromatic rings. The number of nitrogens with zero attached hydrogens (tertiary/aromatic N) is 2. The lowest BCUT2D eigenvalue weighted by molar-refractivity contribution is -0.121. The van der Waals surface area contributed by atoms with Crippen molar-refractivity contribution in [3.05, 3.63) is 54.3 Å². The van der Waals surface area contributed by atoms with Crippen LogP contribution in [0.2, 0.25) is 10.0 Å². The van der Waals surface area contributed by atoms with Crippen molar-refractivity contribution in [1.82, 2.24) is 20.6 Å². The third-order valence-electron chi connectivity index (χ3n) is 3.15. The molecule has 9 nitrogen and oxygen atoms in total. The second-order valence-corrected chi connectivity index (χ2v) is 6.54. The molecule has 0 aliphatic carbocycles. The quantitative estimate of drug-likeness (QED) is 0.469. The normalized spacial score (nSPS) is 11.1. The van der Waals surface area contributed by atoms with Gasteiger partial charge in [0, 0.05) is 12.8 Å². The Hall–Kier alpha value is -2.65. The van der Waals surface area contributed by atoms with Gasteiger partial charge in [-0.25, -0.2) is 15.3 Å². The molecule has 11 heteroatoms. The Kier molecular flexibility index (Phi) is 7.14. The average molecular weight is 414 g/mol. The number of hydrogen-bond donors (Lipinski definition) is 3. The van der Waals surface area contributed by atoms with Crippen LogP contribution in [-0.2, 0) is 11.2 Å². The van der Waals surface area contributed by atoms with Crippen molar-refractivity contribution in [3.63, 3.8) is 0 Å². The van der Waals surface area contributed by atoms with E-state index in [9.17, 15) is 14.4 Å². The van der Waals surface area contributed by atoms with Gasteiger partial charge in [-0.05, 0) is 31.5 Å². The Balaban J connectivity index is 1.93. The molecule has 0 spiro atoms. The SMILES string of the molecule is CC(C)Oc1c(Cl)cc(/C=N/NC(=O)CCc2n[nH]c(=O)[nH]c2=O)cc1Cl. The fraction of sp³-hybridized carbons (Fsp3) is 0.312. The molecule has 0 aliphatic rings. The molecule has 1 aromatic carbocycles. The zero-order valence-corrected chi connectivity index (χ0v) is 16.0. The Morgan fingerprint density at radius 2 is 2.00 bits per heavy atom. The summed E-state index contributed by atoms with van der Waals surface area (Å²) in [4.78, 5) is 36.2. The lowest BCUT2D eigenvalue weighted by Gasteiger charge is -2.13. The van der Waals surface area contributed by atoms with E-state index in [1.165, 1.54) is 6.21 Å². The summed E-state index contributed by atoms with van der Waals surface area (Å²) in [6.45, 7) is 3.71. The molecule has 1 heterocycles. The summed E-state index contributed by atoms with van der Waals surface area (Å²) in [5.74, 6) is -0.0521. The Bertz CT molecular complexity index is 945. The van der Waals surface area contributed by atoms with Crippen molar-refractivity contribution in [2.75, 3.05) is 0 Å². The van der Waals surface area contributed by atoms with Gasteiger partial charge in [-0.15, -0.1) is 0 Å². The van der Waals surface area contributed by atoms with Gasteiger partial charge in [-0.3, -0.25) is 14.6 Å². The summed E-state index contributed by atoms with van der Waals surface area (Å²) < 4.78 is 5.53. The second kappa shape index (κ2) is 9.33. The van der Waals surface area contributed by atoms with Crippen LogP contribution < -0.4 is 21.4 Å². The molecule has 0 fully saturated rings. The maximum atomic E-state index is 11.8. The summed E-state index contributed by atoms with van der Waals surface area (Å²) >= 11 is 12.3. The van der Waals surface area contributed by atoms with Crippen LogP contribution in [0.5, 0.6) is 5.75 Å². The molecule has 0 radical (unpaired) electrons. The maximum absolute atomic E-state index is 11.8. The zero-order chi connectivity index (χ0) is 20.0. The van der Waals surface area contributed by atoms with Crippen LogP contribution >= 0.6 is 23.2 Å².